The van der Waals surface area contributed by atoms with Crippen LogP contribution in [0.2, 0.25) is 0 Å². The lowest BCUT2D eigenvalue weighted by Gasteiger charge is -2.33. The van der Waals surface area contributed by atoms with E-state index >= 15 is 0 Å². The van der Waals surface area contributed by atoms with Gasteiger partial charge in [0.2, 0.25) is 0 Å². The van der Waals surface area contributed by atoms with Crippen LogP contribution < -0.4 is 16.0 Å². The summed E-state index contributed by atoms with van der Waals surface area (Å²) in [5, 5.41) is 58.7. The Hall–Kier alpha value is -1.23. The minimum Gasteiger partial charge on any atom is -0.393 e. The van der Waals surface area contributed by atoms with Gasteiger partial charge in [0, 0.05) is 25.6 Å². The number of rotatable bonds is 9. The van der Waals surface area contributed by atoms with Gasteiger partial charge in [-0.1, -0.05) is 19.1 Å². The van der Waals surface area contributed by atoms with Crippen molar-refractivity contribution < 1.29 is 30.3 Å². The van der Waals surface area contributed by atoms with Gasteiger partial charge in [0.15, 0.2) is 0 Å². The number of aliphatic hydroxyl groups excluding tert-OH is 5. The normalized spacial score (nSPS) is 30.5. The maximum atomic E-state index is 11.9. The first-order valence-corrected chi connectivity index (χ1v) is 9.63. The highest BCUT2D eigenvalue weighted by Gasteiger charge is 2.32. The van der Waals surface area contributed by atoms with Gasteiger partial charge >= 0.3 is 6.03 Å². The molecule has 0 bridgehead atoms. The van der Waals surface area contributed by atoms with E-state index in [0.29, 0.717) is 19.4 Å². The second-order valence-electron chi connectivity index (χ2n) is 6.98. The molecule has 7 atom stereocenters. The van der Waals surface area contributed by atoms with E-state index in [9.17, 15) is 30.3 Å². The predicted molar refractivity (Wildman–Crippen MR) is 101 cm³/mol. The molecule has 0 aromatic carbocycles. The first-order chi connectivity index (χ1) is 12.8. The summed E-state index contributed by atoms with van der Waals surface area (Å²) in [7, 11) is 0. The van der Waals surface area contributed by atoms with Gasteiger partial charge in [-0.2, -0.15) is 0 Å². The molecular weight excluding hydrogens is 354 g/mol. The van der Waals surface area contributed by atoms with E-state index in [1.54, 1.807) is 26.0 Å². The Morgan fingerprint density at radius 2 is 1.78 bits per heavy atom. The molecule has 0 aromatic rings. The fraction of sp³-hybridized carbons (Fsp3) is 0.833. The van der Waals surface area contributed by atoms with Gasteiger partial charge in [-0.05, 0) is 26.2 Å². The maximum Gasteiger partial charge on any atom is 0.315 e. The summed E-state index contributed by atoms with van der Waals surface area (Å²) >= 11 is 0. The number of hydrogen-bond acceptors (Lipinski definition) is 7. The van der Waals surface area contributed by atoms with Crippen LogP contribution in [0.5, 0.6) is 0 Å². The third-order valence-corrected chi connectivity index (χ3v) is 4.79. The standard InChI is InChI=1S/C18H35N3O6/c1-3-11(22)9-15(24)13(21-18(27)19-4-2)10-20-12-7-5-6-8-14(23)17(26)16(12)25/h5-6,11-17,20,22-26H,3-4,7-10H2,1-2H3,(H2,19,21,27)/b6-5-. The molecular formula is C18H35N3O6. The largest absolute Gasteiger partial charge is 0.393 e. The van der Waals surface area contributed by atoms with E-state index in [2.05, 4.69) is 16.0 Å². The van der Waals surface area contributed by atoms with Gasteiger partial charge in [-0.15, -0.1) is 0 Å². The molecule has 0 saturated heterocycles. The Kier molecular flexibility index (Phi) is 10.8. The predicted octanol–water partition coefficient (Wildman–Crippen LogP) is -1.41. The quantitative estimate of drug-likeness (QED) is 0.225. The molecule has 2 amide bonds. The van der Waals surface area contributed by atoms with Crippen molar-refractivity contribution in [2.75, 3.05) is 13.1 Å². The van der Waals surface area contributed by atoms with E-state index in [0.717, 1.165) is 0 Å². The summed E-state index contributed by atoms with van der Waals surface area (Å²) in [6.07, 6.45) is -0.426. The Morgan fingerprint density at radius 1 is 1.11 bits per heavy atom. The minimum atomic E-state index is -1.30. The molecule has 1 aliphatic rings. The Morgan fingerprint density at radius 3 is 2.41 bits per heavy atom. The van der Waals surface area contributed by atoms with Crippen molar-refractivity contribution in [1.82, 2.24) is 16.0 Å². The molecule has 0 aliphatic heterocycles. The summed E-state index contributed by atoms with van der Waals surface area (Å²) in [5.74, 6) is 0. The molecule has 0 radical (unpaired) electrons. The highest BCUT2D eigenvalue weighted by molar-refractivity contribution is 5.74. The summed E-state index contributed by atoms with van der Waals surface area (Å²) in [6.45, 7) is 4.11. The third-order valence-electron chi connectivity index (χ3n) is 4.79. The average Bonchev–Trinajstić information content (AvgIpc) is 2.64. The first-order valence-electron chi connectivity index (χ1n) is 9.63. The molecule has 8 N–H and O–H groups in total. The SMILES string of the molecule is CCNC(=O)NC(CNC1C/C=C\CC(O)C(O)C1O)C(O)CC(O)CC. The highest BCUT2D eigenvalue weighted by Crippen LogP contribution is 2.15. The van der Waals surface area contributed by atoms with Gasteiger partial charge in [0.1, 0.15) is 6.10 Å². The van der Waals surface area contributed by atoms with E-state index in [4.69, 9.17) is 0 Å². The van der Waals surface area contributed by atoms with Crippen LogP contribution in [0.3, 0.4) is 0 Å². The van der Waals surface area contributed by atoms with E-state index in [1.165, 1.54) is 0 Å². The van der Waals surface area contributed by atoms with Crippen molar-refractivity contribution in [1.29, 1.82) is 0 Å². The molecule has 7 unspecified atom stereocenters. The lowest BCUT2D eigenvalue weighted by molar-refractivity contribution is -0.0723. The van der Waals surface area contributed by atoms with Gasteiger partial charge in [0.05, 0.1) is 30.5 Å². The second kappa shape index (κ2) is 12.3. The van der Waals surface area contributed by atoms with E-state index < -0.39 is 48.6 Å². The van der Waals surface area contributed by atoms with Gasteiger partial charge < -0.3 is 41.5 Å². The molecule has 0 spiro atoms. The molecule has 0 saturated carbocycles. The molecule has 0 aromatic heterocycles. The molecule has 158 valence electrons. The number of carbonyl (C=O) groups excluding carboxylic acids is 1. The van der Waals surface area contributed by atoms with Crippen LogP contribution in [-0.4, -0.2) is 87.3 Å². The topological polar surface area (TPSA) is 154 Å². The molecule has 9 heteroatoms. The molecule has 0 fully saturated rings. The summed E-state index contributed by atoms with van der Waals surface area (Å²) in [5.41, 5.74) is 0. The average molecular weight is 389 g/mol. The van der Waals surface area contributed by atoms with Crippen LogP contribution in [0.15, 0.2) is 12.2 Å². The first kappa shape index (κ1) is 23.8. The van der Waals surface area contributed by atoms with E-state index in [-0.39, 0.29) is 19.4 Å². The molecule has 9 nitrogen and oxygen atoms in total. The molecule has 1 rings (SSSR count). The second-order valence-corrected chi connectivity index (χ2v) is 6.98. The minimum absolute atomic E-state index is 0.101. The number of urea groups is 1. The number of amides is 2. The summed E-state index contributed by atoms with van der Waals surface area (Å²) in [4.78, 5) is 11.9. The fourth-order valence-electron chi connectivity index (χ4n) is 2.98. The fourth-order valence-corrected chi connectivity index (χ4v) is 2.98. The van der Waals surface area contributed by atoms with Crippen LogP contribution in [-0.2, 0) is 0 Å². The maximum absolute atomic E-state index is 11.9. The molecule has 1 aliphatic carbocycles. The van der Waals surface area contributed by atoms with Crippen molar-refractivity contribution in [2.24, 2.45) is 0 Å². The zero-order valence-electron chi connectivity index (χ0n) is 16.1. The van der Waals surface area contributed by atoms with Crippen molar-refractivity contribution in [3.63, 3.8) is 0 Å². The van der Waals surface area contributed by atoms with Crippen LogP contribution >= 0.6 is 0 Å². The van der Waals surface area contributed by atoms with Crippen molar-refractivity contribution in [2.45, 2.75) is 82.1 Å². The van der Waals surface area contributed by atoms with Gasteiger partial charge in [0.25, 0.3) is 0 Å². The van der Waals surface area contributed by atoms with Gasteiger partial charge in [-0.3, -0.25) is 0 Å². The smallest absolute Gasteiger partial charge is 0.315 e. The number of carbonyl (C=O) groups is 1. The molecule has 0 heterocycles. The lowest BCUT2D eigenvalue weighted by Crippen LogP contribution is -2.57. The summed E-state index contributed by atoms with van der Waals surface area (Å²) < 4.78 is 0. The Balaban J connectivity index is 2.76. The van der Waals surface area contributed by atoms with Crippen LogP contribution in [0, 0.1) is 0 Å². The summed E-state index contributed by atoms with van der Waals surface area (Å²) in [6, 6.07) is -1.71. The Bertz CT molecular complexity index is 464. The number of nitrogens with one attached hydrogen (secondary N) is 3. The van der Waals surface area contributed by atoms with E-state index in [1.807, 2.05) is 0 Å². The van der Waals surface area contributed by atoms with Gasteiger partial charge in [-0.25, -0.2) is 4.79 Å². The number of hydrogen-bond donors (Lipinski definition) is 8. The monoisotopic (exact) mass is 389 g/mol. The van der Waals surface area contributed by atoms with Crippen molar-refractivity contribution >= 4 is 6.03 Å². The lowest BCUT2D eigenvalue weighted by atomic mass is 9.93. The van der Waals surface area contributed by atoms with Crippen molar-refractivity contribution in [3.05, 3.63) is 12.2 Å². The zero-order chi connectivity index (χ0) is 20.4. The van der Waals surface area contributed by atoms with Crippen LogP contribution in [0.1, 0.15) is 39.5 Å². The molecule has 27 heavy (non-hydrogen) atoms. The van der Waals surface area contributed by atoms with Crippen LogP contribution in [0.25, 0.3) is 0 Å². The van der Waals surface area contributed by atoms with Crippen molar-refractivity contribution in [3.8, 4) is 0 Å². The van der Waals surface area contributed by atoms with Crippen LogP contribution in [0.4, 0.5) is 4.79 Å². The third kappa shape index (κ3) is 8.12. The zero-order valence-corrected chi connectivity index (χ0v) is 16.1. The number of aliphatic hydroxyl groups is 5. The highest BCUT2D eigenvalue weighted by atomic mass is 16.4. The Labute approximate surface area is 160 Å².